The van der Waals surface area contributed by atoms with Crippen molar-refractivity contribution < 1.29 is 14.7 Å². The van der Waals surface area contributed by atoms with Gasteiger partial charge in [0.05, 0.1) is 4.91 Å². The number of fused-ring (bicyclic) bond motifs is 1. The minimum Gasteiger partial charge on any atom is -0.508 e. The smallest absolute Gasteiger partial charge is 0.266 e. The first kappa shape index (κ1) is 23.1. The maximum atomic E-state index is 12.9. The Balaban J connectivity index is 1.28. The van der Waals surface area contributed by atoms with E-state index in [4.69, 9.17) is 12.2 Å². The van der Waals surface area contributed by atoms with Crippen LogP contribution in [0.2, 0.25) is 0 Å². The third kappa shape index (κ3) is 5.46. The summed E-state index contributed by atoms with van der Waals surface area (Å²) in [7, 11) is 1.99. The minimum absolute atomic E-state index is 0.0504. The predicted octanol–water partition coefficient (Wildman–Crippen LogP) is 4.22. The lowest BCUT2D eigenvalue weighted by Crippen LogP contribution is -2.31. The molecule has 170 valence electrons. The van der Waals surface area contributed by atoms with E-state index in [0.717, 1.165) is 22.0 Å². The van der Waals surface area contributed by atoms with Gasteiger partial charge in [-0.05, 0) is 42.7 Å². The van der Waals surface area contributed by atoms with Crippen LogP contribution in [0.4, 0.5) is 0 Å². The first-order valence-corrected chi connectivity index (χ1v) is 12.0. The number of aromatic hydroxyl groups is 1. The van der Waals surface area contributed by atoms with Gasteiger partial charge in [-0.25, -0.2) is 0 Å². The molecule has 0 atom stereocenters. The summed E-state index contributed by atoms with van der Waals surface area (Å²) in [6.45, 7) is 0.946. The Hall–Kier alpha value is -3.10. The Morgan fingerprint density at radius 1 is 1.18 bits per heavy atom. The predicted molar refractivity (Wildman–Crippen MR) is 137 cm³/mol. The number of rotatable bonds is 8. The third-order valence-corrected chi connectivity index (χ3v) is 6.92. The lowest BCUT2D eigenvalue weighted by molar-refractivity contribution is -0.123. The van der Waals surface area contributed by atoms with Crippen LogP contribution in [0.25, 0.3) is 17.0 Å². The highest BCUT2D eigenvalue weighted by molar-refractivity contribution is 8.26. The molecule has 33 heavy (non-hydrogen) atoms. The van der Waals surface area contributed by atoms with Crippen molar-refractivity contribution in [2.45, 2.75) is 19.3 Å². The number of aromatic nitrogens is 1. The molecule has 1 aliphatic heterocycles. The molecule has 2 N–H and O–H groups in total. The van der Waals surface area contributed by atoms with Crippen LogP contribution in [-0.4, -0.2) is 43.8 Å². The molecule has 0 bridgehead atoms. The summed E-state index contributed by atoms with van der Waals surface area (Å²) in [5.41, 5.74) is 3.14. The van der Waals surface area contributed by atoms with Gasteiger partial charge in [0.15, 0.2) is 0 Å². The van der Waals surface area contributed by atoms with Crippen LogP contribution in [0, 0.1) is 0 Å². The average Bonchev–Trinajstić information content (AvgIpc) is 3.26. The number of phenols is 1. The third-order valence-electron chi connectivity index (χ3n) is 5.55. The molecule has 0 spiro atoms. The molecule has 0 radical (unpaired) electrons. The lowest BCUT2D eigenvalue weighted by atomic mass is 10.1. The summed E-state index contributed by atoms with van der Waals surface area (Å²) < 4.78 is 2.57. The van der Waals surface area contributed by atoms with E-state index in [-0.39, 0.29) is 17.6 Å². The standard InChI is InChI=1S/C25H25N3O3S2/c1-27-16-18(20-5-2-3-6-21(20)27)15-22-24(31)28(25(32)33-22)14-4-7-23(30)26-13-12-17-8-10-19(29)11-9-17/h2-3,5-6,8-11,15-16,29H,4,7,12-14H2,1H3,(H,26,30)/b22-15-. The Labute approximate surface area is 202 Å². The second kappa shape index (κ2) is 10.2. The molecule has 6 nitrogen and oxygen atoms in total. The maximum Gasteiger partial charge on any atom is 0.266 e. The van der Waals surface area contributed by atoms with Crippen molar-refractivity contribution >= 4 is 57.1 Å². The fraction of sp³-hybridized carbons (Fsp3) is 0.240. The molecule has 0 saturated carbocycles. The Bertz CT molecular complexity index is 1230. The molecule has 4 rings (SSSR count). The second-order valence-corrected chi connectivity index (χ2v) is 9.59. The summed E-state index contributed by atoms with van der Waals surface area (Å²) in [4.78, 5) is 27.3. The largest absolute Gasteiger partial charge is 0.508 e. The Morgan fingerprint density at radius 2 is 1.94 bits per heavy atom. The quantitative estimate of drug-likeness (QED) is 0.374. The fourth-order valence-corrected chi connectivity index (χ4v) is 5.12. The van der Waals surface area contributed by atoms with Crippen LogP contribution in [0.1, 0.15) is 24.0 Å². The molecule has 1 aliphatic rings. The number of carbonyl (C=O) groups excluding carboxylic acids is 2. The first-order chi connectivity index (χ1) is 15.9. The van der Waals surface area contributed by atoms with Crippen molar-refractivity contribution in [2.24, 2.45) is 7.05 Å². The molecule has 2 heterocycles. The number of phenolic OH excluding ortho intramolecular Hbond substituents is 1. The van der Waals surface area contributed by atoms with Gasteiger partial charge in [0.25, 0.3) is 5.91 Å². The second-order valence-electron chi connectivity index (χ2n) is 7.92. The first-order valence-electron chi connectivity index (χ1n) is 10.8. The van der Waals surface area contributed by atoms with Crippen LogP contribution in [0.3, 0.4) is 0 Å². The van der Waals surface area contributed by atoms with Gasteiger partial charge < -0.3 is 15.0 Å². The van der Waals surface area contributed by atoms with E-state index in [1.807, 2.05) is 60.3 Å². The molecule has 8 heteroatoms. The zero-order valence-corrected chi connectivity index (χ0v) is 19.9. The van der Waals surface area contributed by atoms with Crippen LogP contribution >= 0.6 is 24.0 Å². The number of hydrogen-bond acceptors (Lipinski definition) is 5. The van der Waals surface area contributed by atoms with E-state index >= 15 is 0 Å². The summed E-state index contributed by atoms with van der Waals surface area (Å²) in [5, 5.41) is 13.3. The highest BCUT2D eigenvalue weighted by Gasteiger charge is 2.31. The van der Waals surface area contributed by atoms with Crippen molar-refractivity contribution in [1.29, 1.82) is 0 Å². The maximum absolute atomic E-state index is 12.9. The summed E-state index contributed by atoms with van der Waals surface area (Å²) in [6, 6.07) is 15.0. The molecule has 1 aromatic heterocycles. The Kier molecular flexibility index (Phi) is 7.15. The SMILES string of the molecule is Cn1cc(/C=C2\SC(=S)N(CCCC(=O)NCCc3ccc(O)cc3)C2=O)c2ccccc21. The number of carbonyl (C=O) groups is 2. The molecular weight excluding hydrogens is 454 g/mol. The van der Waals surface area contributed by atoms with Crippen molar-refractivity contribution in [2.75, 3.05) is 13.1 Å². The highest BCUT2D eigenvalue weighted by Crippen LogP contribution is 2.34. The monoisotopic (exact) mass is 479 g/mol. The minimum atomic E-state index is -0.106. The number of amides is 2. The van der Waals surface area contributed by atoms with Crippen LogP contribution < -0.4 is 5.32 Å². The van der Waals surface area contributed by atoms with Crippen LogP contribution in [0.5, 0.6) is 5.75 Å². The number of hydrogen-bond donors (Lipinski definition) is 2. The molecule has 2 aromatic carbocycles. The van der Waals surface area contributed by atoms with E-state index in [0.29, 0.717) is 41.6 Å². The van der Waals surface area contributed by atoms with Gasteiger partial charge in [-0.3, -0.25) is 14.5 Å². The molecule has 0 unspecified atom stereocenters. The summed E-state index contributed by atoms with van der Waals surface area (Å²) in [5.74, 6) is 0.0710. The van der Waals surface area contributed by atoms with Gasteiger partial charge in [-0.15, -0.1) is 0 Å². The van der Waals surface area contributed by atoms with E-state index < -0.39 is 0 Å². The topological polar surface area (TPSA) is 74.6 Å². The van der Waals surface area contributed by atoms with E-state index in [1.54, 1.807) is 17.0 Å². The van der Waals surface area contributed by atoms with Crippen LogP contribution in [-0.2, 0) is 23.1 Å². The van der Waals surface area contributed by atoms with Crippen molar-refractivity contribution in [1.82, 2.24) is 14.8 Å². The average molecular weight is 480 g/mol. The molecular formula is C25H25N3O3S2. The number of aryl methyl sites for hydroxylation is 1. The van der Waals surface area contributed by atoms with E-state index in [1.165, 1.54) is 11.8 Å². The molecule has 2 amide bonds. The number of thiocarbonyl (C=S) groups is 1. The van der Waals surface area contributed by atoms with Crippen molar-refractivity contribution in [3.63, 3.8) is 0 Å². The van der Waals surface area contributed by atoms with Gasteiger partial charge in [-0.1, -0.05) is 54.3 Å². The van der Waals surface area contributed by atoms with Gasteiger partial charge in [-0.2, -0.15) is 0 Å². The number of nitrogens with one attached hydrogen (secondary N) is 1. The van der Waals surface area contributed by atoms with Gasteiger partial charge in [0.1, 0.15) is 10.1 Å². The Morgan fingerprint density at radius 3 is 2.73 bits per heavy atom. The van der Waals surface area contributed by atoms with E-state index in [2.05, 4.69) is 5.32 Å². The molecule has 1 saturated heterocycles. The zero-order valence-electron chi connectivity index (χ0n) is 18.3. The van der Waals surface area contributed by atoms with Crippen LogP contribution in [0.15, 0.2) is 59.6 Å². The van der Waals surface area contributed by atoms with Gasteiger partial charge in [0, 0.05) is 49.2 Å². The van der Waals surface area contributed by atoms with Crippen molar-refractivity contribution in [3.8, 4) is 5.75 Å². The van der Waals surface area contributed by atoms with E-state index in [9.17, 15) is 14.7 Å². The van der Waals surface area contributed by atoms with Gasteiger partial charge >= 0.3 is 0 Å². The fourth-order valence-electron chi connectivity index (χ4n) is 3.82. The molecule has 3 aromatic rings. The molecule has 1 fully saturated rings. The highest BCUT2D eigenvalue weighted by atomic mass is 32.2. The number of thioether (sulfide) groups is 1. The number of nitrogens with zero attached hydrogens (tertiary/aromatic N) is 2. The zero-order chi connectivity index (χ0) is 23.4. The number of benzene rings is 2. The summed E-state index contributed by atoms with van der Waals surface area (Å²) in [6.07, 6.45) is 5.48. The number of para-hydroxylation sites is 1. The normalized spacial score (nSPS) is 15.1. The van der Waals surface area contributed by atoms with Gasteiger partial charge in [0.2, 0.25) is 5.91 Å². The molecule has 0 aliphatic carbocycles. The van der Waals surface area contributed by atoms with Crippen molar-refractivity contribution in [3.05, 3.63) is 70.8 Å². The summed E-state index contributed by atoms with van der Waals surface area (Å²) >= 11 is 6.73. The lowest BCUT2D eigenvalue weighted by Gasteiger charge is -2.14.